The van der Waals surface area contributed by atoms with E-state index in [9.17, 15) is 4.79 Å². The Morgan fingerprint density at radius 1 is 1.04 bits per heavy atom. The molecule has 0 saturated carbocycles. The molecule has 0 unspecified atom stereocenters. The SMILES string of the molecule is C.C.C=CCCCOC.COCCC/C=C(/C)NC(=O)OC(C)(C)C. The Kier molecular flexibility index (Phi) is 26.1. The summed E-state index contributed by atoms with van der Waals surface area (Å²) in [5.74, 6) is 0. The van der Waals surface area contributed by atoms with Crippen molar-refractivity contribution < 1.29 is 19.0 Å². The Hall–Kier alpha value is -1.33. The predicted molar refractivity (Wildman–Crippen MR) is 109 cm³/mol. The molecule has 0 aromatic rings. The Morgan fingerprint density at radius 3 is 1.92 bits per heavy atom. The first-order valence-electron chi connectivity index (χ1n) is 8.02. The number of alkyl carbamates (subject to hydrolysis) is 1. The highest BCUT2D eigenvalue weighted by Gasteiger charge is 2.15. The van der Waals surface area contributed by atoms with Gasteiger partial charge in [0.15, 0.2) is 0 Å². The summed E-state index contributed by atoms with van der Waals surface area (Å²) < 4.78 is 14.8. The van der Waals surface area contributed by atoms with Gasteiger partial charge in [0.25, 0.3) is 0 Å². The molecule has 25 heavy (non-hydrogen) atoms. The molecule has 0 spiro atoms. The predicted octanol–water partition coefficient (Wildman–Crippen LogP) is 5.71. The van der Waals surface area contributed by atoms with Crippen molar-refractivity contribution in [2.45, 2.75) is 73.8 Å². The van der Waals surface area contributed by atoms with Gasteiger partial charge in [0.1, 0.15) is 5.60 Å². The molecule has 0 aliphatic heterocycles. The van der Waals surface area contributed by atoms with E-state index in [2.05, 4.69) is 11.9 Å². The minimum atomic E-state index is -0.458. The number of rotatable bonds is 9. The minimum Gasteiger partial charge on any atom is -0.444 e. The average molecular weight is 362 g/mol. The molecule has 5 heteroatoms. The lowest BCUT2D eigenvalue weighted by atomic mass is 10.2. The van der Waals surface area contributed by atoms with Gasteiger partial charge in [0.05, 0.1) is 0 Å². The zero-order chi connectivity index (χ0) is 18.1. The van der Waals surface area contributed by atoms with Crippen LogP contribution in [0.3, 0.4) is 0 Å². The van der Waals surface area contributed by atoms with E-state index in [-0.39, 0.29) is 14.9 Å². The molecule has 0 fully saturated rings. The summed E-state index contributed by atoms with van der Waals surface area (Å²) in [5.41, 5.74) is 0.353. The maximum atomic E-state index is 11.4. The molecule has 0 radical (unpaired) electrons. The summed E-state index contributed by atoms with van der Waals surface area (Å²) in [6, 6.07) is 0. The largest absolute Gasteiger partial charge is 0.444 e. The molecule has 0 aromatic carbocycles. The van der Waals surface area contributed by atoms with Crippen LogP contribution in [0.15, 0.2) is 24.4 Å². The molecule has 0 heterocycles. The topological polar surface area (TPSA) is 56.8 Å². The number of methoxy groups -OCH3 is 2. The first kappa shape index (κ1) is 31.4. The lowest BCUT2D eigenvalue weighted by Crippen LogP contribution is -2.31. The lowest BCUT2D eigenvalue weighted by molar-refractivity contribution is 0.0546. The smallest absolute Gasteiger partial charge is 0.411 e. The van der Waals surface area contributed by atoms with Crippen molar-refractivity contribution in [1.29, 1.82) is 0 Å². The Balaban J connectivity index is -0.000000210. The first-order valence-corrected chi connectivity index (χ1v) is 8.02. The summed E-state index contributed by atoms with van der Waals surface area (Å²) >= 11 is 0. The standard InChI is InChI=1S/C12H23NO3.C6H12O.2CH4/c1-10(8-6-7-9-15-5)13-11(14)16-12(2,3)4;1-3-4-5-6-7-2;;/h8H,6-7,9H2,1-5H3,(H,13,14);3H,1,4-6H2,2H3;2*1H4/b10-8-;;;. The highest BCUT2D eigenvalue weighted by Crippen LogP contribution is 2.07. The molecule has 1 N–H and O–H groups in total. The fraction of sp³-hybridized carbons (Fsp3) is 0.750. The van der Waals surface area contributed by atoms with Crippen molar-refractivity contribution in [2.24, 2.45) is 0 Å². The monoisotopic (exact) mass is 361 g/mol. The highest BCUT2D eigenvalue weighted by atomic mass is 16.6. The van der Waals surface area contributed by atoms with Gasteiger partial charge in [-0.15, -0.1) is 6.58 Å². The third-order valence-electron chi connectivity index (χ3n) is 2.46. The molecule has 0 bridgehead atoms. The van der Waals surface area contributed by atoms with Gasteiger partial charge in [-0.1, -0.05) is 27.0 Å². The van der Waals surface area contributed by atoms with Crippen molar-refractivity contribution in [3.05, 3.63) is 24.4 Å². The van der Waals surface area contributed by atoms with Crippen LogP contribution < -0.4 is 5.32 Å². The number of amides is 1. The van der Waals surface area contributed by atoms with Gasteiger partial charge in [-0.25, -0.2) is 4.79 Å². The normalized spacial score (nSPS) is 10.4. The molecule has 0 rings (SSSR count). The zero-order valence-corrected chi connectivity index (χ0v) is 15.7. The van der Waals surface area contributed by atoms with Crippen LogP contribution in [0.5, 0.6) is 0 Å². The van der Waals surface area contributed by atoms with Gasteiger partial charge in [0.2, 0.25) is 0 Å². The number of carbonyl (C=O) groups is 1. The molecule has 152 valence electrons. The van der Waals surface area contributed by atoms with Gasteiger partial charge in [-0.2, -0.15) is 0 Å². The molecule has 0 aromatic heterocycles. The van der Waals surface area contributed by atoms with E-state index in [1.165, 1.54) is 0 Å². The van der Waals surface area contributed by atoms with Gasteiger partial charge >= 0.3 is 6.09 Å². The van der Waals surface area contributed by atoms with E-state index in [0.29, 0.717) is 0 Å². The second kappa shape index (κ2) is 20.7. The zero-order valence-electron chi connectivity index (χ0n) is 15.7. The van der Waals surface area contributed by atoms with E-state index in [0.717, 1.165) is 44.6 Å². The van der Waals surface area contributed by atoms with Crippen LogP contribution in [0.1, 0.15) is 68.2 Å². The number of hydrogen-bond donors (Lipinski definition) is 1. The molecule has 0 saturated heterocycles. The van der Waals surface area contributed by atoms with Crippen LogP contribution in [-0.4, -0.2) is 39.1 Å². The van der Waals surface area contributed by atoms with Crippen LogP contribution in [0, 0.1) is 0 Å². The summed E-state index contributed by atoms with van der Waals surface area (Å²) in [7, 11) is 3.39. The maximum absolute atomic E-state index is 11.4. The van der Waals surface area contributed by atoms with Crippen LogP contribution in [0.2, 0.25) is 0 Å². The van der Waals surface area contributed by atoms with Gasteiger partial charge < -0.3 is 14.2 Å². The Labute approximate surface area is 156 Å². The van der Waals surface area contributed by atoms with Crippen molar-refractivity contribution in [3.63, 3.8) is 0 Å². The number of carbonyl (C=O) groups excluding carboxylic acids is 1. The highest BCUT2D eigenvalue weighted by molar-refractivity contribution is 5.69. The molecule has 1 amide bonds. The number of ether oxygens (including phenoxy) is 3. The fourth-order valence-corrected chi connectivity index (χ4v) is 1.43. The van der Waals surface area contributed by atoms with Gasteiger partial charge in [0, 0.05) is 33.1 Å². The van der Waals surface area contributed by atoms with Crippen molar-refractivity contribution in [2.75, 3.05) is 27.4 Å². The van der Waals surface area contributed by atoms with E-state index in [4.69, 9.17) is 14.2 Å². The second-order valence-electron chi connectivity index (χ2n) is 6.07. The summed E-state index contributed by atoms with van der Waals surface area (Å²) in [6.07, 6.45) is 7.45. The Morgan fingerprint density at radius 2 is 1.52 bits per heavy atom. The molecular formula is C20H43NO4. The van der Waals surface area contributed by atoms with Crippen LogP contribution in [-0.2, 0) is 14.2 Å². The molecule has 5 nitrogen and oxygen atoms in total. The summed E-state index contributed by atoms with van der Waals surface area (Å²) in [5, 5.41) is 2.67. The van der Waals surface area contributed by atoms with E-state index >= 15 is 0 Å². The number of allylic oxidation sites excluding steroid dienone is 3. The molecule has 0 atom stereocenters. The molecule has 0 aliphatic rings. The van der Waals surface area contributed by atoms with Crippen LogP contribution in [0.4, 0.5) is 4.79 Å². The van der Waals surface area contributed by atoms with Crippen molar-refractivity contribution >= 4 is 6.09 Å². The Bertz CT molecular complexity index is 333. The van der Waals surface area contributed by atoms with Crippen LogP contribution >= 0.6 is 0 Å². The third-order valence-corrected chi connectivity index (χ3v) is 2.46. The first-order chi connectivity index (χ1) is 10.8. The second-order valence-corrected chi connectivity index (χ2v) is 6.07. The third kappa shape index (κ3) is 31.0. The summed E-state index contributed by atoms with van der Waals surface area (Å²) in [4.78, 5) is 11.4. The van der Waals surface area contributed by atoms with Gasteiger partial charge in [-0.05, 0) is 53.4 Å². The lowest BCUT2D eigenvalue weighted by Gasteiger charge is -2.19. The maximum Gasteiger partial charge on any atom is 0.411 e. The minimum absolute atomic E-state index is 0. The quantitative estimate of drug-likeness (QED) is 0.422. The van der Waals surface area contributed by atoms with E-state index in [1.807, 2.05) is 39.8 Å². The van der Waals surface area contributed by atoms with Crippen molar-refractivity contribution in [3.8, 4) is 0 Å². The number of unbranched alkanes of at least 4 members (excludes halogenated alkanes) is 2. The van der Waals surface area contributed by atoms with Crippen molar-refractivity contribution in [1.82, 2.24) is 5.32 Å². The van der Waals surface area contributed by atoms with E-state index < -0.39 is 11.7 Å². The molecular weight excluding hydrogens is 318 g/mol. The average Bonchev–Trinajstić information content (AvgIpc) is 2.43. The fourth-order valence-electron chi connectivity index (χ4n) is 1.43. The summed E-state index contributed by atoms with van der Waals surface area (Å²) in [6.45, 7) is 12.5. The van der Waals surface area contributed by atoms with E-state index in [1.54, 1.807) is 14.2 Å². The molecule has 0 aliphatic carbocycles. The number of hydrogen-bond acceptors (Lipinski definition) is 4. The number of nitrogens with one attached hydrogen (secondary N) is 1. The van der Waals surface area contributed by atoms with Crippen LogP contribution in [0.25, 0.3) is 0 Å². The van der Waals surface area contributed by atoms with Gasteiger partial charge in [-0.3, -0.25) is 5.32 Å².